The van der Waals surface area contributed by atoms with E-state index >= 15 is 0 Å². The summed E-state index contributed by atoms with van der Waals surface area (Å²) >= 11 is 1.69. The molecule has 0 aromatic carbocycles. The molecule has 0 aliphatic carbocycles. The van der Waals surface area contributed by atoms with Crippen LogP contribution in [0.5, 0.6) is 0 Å². The van der Waals surface area contributed by atoms with E-state index in [1.54, 1.807) is 18.4 Å². The number of aryl methyl sites for hydroxylation is 1. The maximum Gasteiger partial charge on any atom is 0.190 e. The lowest BCUT2D eigenvalue weighted by molar-refractivity contribution is 0.598. The SMILES string of the molecule is CN=C(NCCCS(C)(=O)=O)NCCc1ncc(C)s1. The van der Waals surface area contributed by atoms with E-state index in [0.717, 1.165) is 18.0 Å². The lowest BCUT2D eigenvalue weighted by Gasteiger charge is -2.10. The third-order valence-electron chi connectivity index (χ3n) is 2.51. The molecule has 1 heterocycles. The first kappa shape index (κ1) is 16.9. The molecular formula is C12H22N4O2S2. The molecule has 2 N–H and O–H groups in total. The number of nitrogens with one attached hydrogen (secondary N) is 2. The Hall–Kier alpha value is -1.15. The van der Waals surface area contributed by atoms with Crippen LogP contribution in [-0.2, 0) is 16.3 Å². The third kappa shape index (κ3) is 7.44. The van der Waals surface area contributed by atoms with Gasteiger partial charge in [0, 0.05) is 43.9 Å². The van der Waals surface area contributed by atoms with Gasteiger partial charge in [0.2, 0.25) is 0 Å². The summed E-state index contributed by atoms with van der Waals surface area (Å²) in [6.07, 6.45) is 4.54. The molecule has 0 amide bonds. The van der Waals surface area contributed by atoms with E-state index < -0.39 is 9.84 Å². The van der Waals surface area contributed by atoms with Crippen LogP contribution in [-0.4, -0.2) is 51.5 Å². The molecule has 0 aliphatic heterocycles. The number of thiazole rings is 1. The van der Waals surface area contributed by atoms with Crippen LogP contribution in [0.25, 0.3) is 0 Å². The van der Waals surface area contributed by atoms with Crippen molar-refractivity contribution in [2.75, 3.05) is 32.1 Å². The first-order valence-electron chi connectivity index (χ1n) is 6.44. The quantitative estimate of drug-likeness (QED) is 0.437. The van der Waals surface area contributed by atoms with Crippen molar-refractivity contribution in [2.45, 2.75) is 19.8 Å². The lowest BCUT2D eigenvalue weighted by Crippen LogP contribution is -2.39. The minimum Gasteiger partial charge on any atom is -0.356 e. The van der Waals surface area contributed by atoms with Gasteiger partial charge in [-0.25, -0.2) is 13.4 Å². The number of hydrogen-bond donors (Lipinski definition) is 2. The van der Waals surface area contributed by atoms with Crippen molar-refractivity contribution in [3.63, 3.8) is 0 Å². The molecule has 1 aromatic rings. The largest absolute Gasteiger partial charge is 0.356 e. The monoisotopic (exact) mass is 318 g/mol. The van der Waals surface area contributed by atoms with Crippen LogP contribution in [0.15, 0.2) is 11.2 Å². The van der Waals surface area contributed by atoms with Crippen molar-refractivity contribution in [1.29, 1.82) is 0 Å². The number of hydrogen-bond acceptors (Lipinski definition) is 5. The van der Waals surface area contributed by atoms with Crippen LogP contribution in [0.4, 0.5) is 0 Å². The van der Waals surface area contributed by atoms with Crippen LogP contribution < -0.4 is 10.6 Å². The fourth-order valence-electron chi connectivity index (χ4n) is 1.57. The first-order chi connectivity index (χ1) is 9.40. The number of aliphatic imine (C=N–C) groups is 1. The highest BCUT2D eigenvalue weighted by Gasteiger charge is 2.03. The molecule has 1 aromatic heterocycles. The molecule has 0 fully saturated rings. The Bertz CT molecular complexity index is 537. The normalized spacial score (nSPS) is 12.4. The molecule has 20 heavy (non-hydrogen) atoms. The van der Waals surface area contributed by atoms with E-state index in [-0.39, 0.29) is 5.75 Å². The molecule has 6 nitrogen and oxygen atoms in total. The third-order valence-corrected chi connectivity index (χ3v) is 4.51. The van der Waals surface area contributed by atoms with E-state index in [4.69, 9.17) is 0 Å². The van der Waals surface area contributed by atoms with Gasteiger partial charge in [0.1, 0.15) is 9.84 Å². The van der Waals surface area contributed by atoms with Crippen LogP contribution >= 0.6 is 11.3 Å². The predicted octanol–water partition coefficient (Wildman–Crippen LogP) is 0.594. The van der Waals surface area contributed by atoms with Crippen molar-refractivity contribution in [2.24, 2.45) is 4.99 Å². The number of sulfone groups is 1. The Morgan fingerprint density at radius 2 is 2.10 bits per heavy atom. The molecule has 114 valence electrons. The highest BCUT2D eigenvalue weighted by Crippen LogP contribution is 2.10. The maximum absolute atomic E-state index is 11.0. The summed E-state index contributed by atoms with van der Waals surface area (Å²) < 4.78 is 22.0. The molecule has 0 spiro atoms. The molecule has 0 atom stereocenters. The van der Waals surface area contributed by atoms with Crippen molar-refractivity contribution in [3.8, 4) is 0 Å². The fraction of sp³-hybridized carbons (Fsp3) is 0.667. The van der Waals surface area contributed by atoms with Crippen LogP contribution in [0.1, 0.15) is 16.3 Å². The lowest BCUT2D eigenvalue weighted by atomic mass is 10.4. The zero-order valence-electron chi connectivity index (χ0n) is 12.1. The molecule has 0 bridgehead atoms. The minimum atomic E-state index is -2.89. The maximum atomic E-state index is 11.0. The average molecular weight is 318 g/mol. The Balaban J connectivity index is 2.20. The molecule has 1 rings (SSSR count). The van der Waals surface area contributed by atoms with Crippen molar-refractivity contribution >= 4 is 27.1 Å². The fourth-order valence-corrected chi connectivity index (χ4v) is 3.02. The van der Waals surface area contributed by atoms with E-state index in [9.17, 15) is 8.42 Å². The van der Waals surface area contributed by atoms with Crippen molar-refractivity contribution < 1.29 is 8.42 Å². The number of nitrogens with zero attached hydrogens (tertiary/aromatic N) is 2. The molecule has 8 heteroatoms. The second-order valence-electron chi connectivity index (χ2n) is 4.52. The molecule has 0 aliphatic rings. The standard InChI is InChI=1S/C12H22N4O2S2/c1-10-9-16-11(19-10)5-7-15-12(13-2)14-6-4-8-20(3,17)18/h9H,4-8H2,1-3H3,(H2,13,14,15). The van der Waals surface area contributed by atoms with E-state index in [2.05, 4.69) is 20.6 Å². The van der Waals surface area contributed by atoms with Gasteiger partial charge in [-0.1, -0.05) is 0 Å². The van der Waals surface area contributed by atoms with E-state index in [0.29, 0.717) is 18.9 Å². The molecule has 0 saturated carbocycles. The second kappa shape index (κ2) is 8.21. The van der Waals surface area contributed by atoms with Crippen molar-refractivity contribution in [3.05, 3.63) is 16.1 Å². The first-order valence-corrected chi connectivity index (χ1v) is 9.32. The zero-order valence-corrected chi connectivity index (χ0v) is 13.8. The molecule has 0 radical (unpaired) electrons. The highest BCUT2D eigenvalue weighted by molar-refractivity contribution is 7.90. The molecule has 0 saturated heterocycles. The summed E-state index contributed by atoms with van der Waals surface area (Å²) in [5.41, 5.74) is 0. The smallest absolute Gasteiger partial charge is 0.190 e. The van der Waals surface area contributed by atoms with Gasteiger partial charge in [-0.3, -0.25) is 4.99 Å². The number of rotatable bonds is 7. The average Bonchev–Trinajstić information content (AvgIpc) is 2.77. The van der Waals surface area contributed by atoms with Gasteiger partial charge in [0.05, 0.1) is 10.8 Å². The molecular weight excluding hydrogens is 296 g/mol. The van der Waals surface area contributed by atoms with Crippen LogP contribution in [0.3, 0.4) is 0 Å². The van der Waals surface area contributed by atoms with E-state index in [1.807, 2.05) is 13.1 Å². The van der Waals surface area contributed by atoms with Crippen molar-refractivity contribution in [1.82, 2.24) is 15.6 Å². The predicted molar refractivity (Wildman–Crippen MR) is 84.2 cm³/mol. The Morgan fingerprint density at radius 1 is 1.40 bits per heavy atom. The highest BCUT2D eigenvalue weighted by atomic mass is 32.2. The summed E-state index contributed by atoms with van der Waals surface area (Å²) in [5, 5.41) is 7.37. The summed E-state index contributed by atoms with van der Waals surface area (Å²) in [7, 11) is -1.19. The minimum absolute atomic E-state index is 0.190. The Labute approximate surface area is 124 Å². The van der Waals surface area contributed by atoms with Gasteiger partial charge >= 0.3 is 0 Å². The summed E-state index contributed by atoms with van der Waals surface area (Å²) in [5.74, 6) is 0.877. The molecule has 0 unspecified atom stereocenters. The van der Waals surface area contributed by atoms with Gasteiger partial charge in [-0.15, -0.1) is 11.3 Å². The Morgan fingerprint density at radius 3 is 2.65 bits per heavy atom. The van der Waals surface area contributed by atoms with Crippen LogP contribution in [0, 0.1) is 6.92 Å². The van der Waals surface area contributed by atoms with Gasteiger partial charge in [0.25, 0.3) is 0 Å². The summed E-state index contributed by atoms with van der Waals surface area (Å²) in [6, 6.07) is 0. The summed E-state index contributed by atoms with van der Waals surface area (Å²) in [4.78, 5) is 9.59. The summed E-state index contributed by atoms with van der Waals surface area (Å²) in [6.45, 7) is 3.37. The van der Waals surface area contributed by atoms with Gasteiger partial charge < -0.3 is 10.6 Å². The number of guanidine groups is 1. The van der Waals surface area contributed by atoms with Crippen LogP contribution in [0.2, 0.25) is 0 Å². The number of aromatic nitrogens is 1. The van der Waals surface area contributed by atoms with E-state index in [1.165, 1.54) is 11.1 Å². The topological polar surface area (TPSA) is 83.5 Å². The Kier molecular flexibility index (Phi) is 6.94. The van der Waals surface area contributed by atoms with Gasteiger partial charge in [0.15, 0.2) is 5.96 Å². The second-order valence-corrected chi connectivity index (χ2v) is 8.10. The van der Waals surface area contributed by atoms with Gasteiger partial charge in [-0.2, -0.15) is 0 Å². The van der Waals surface area contributed by atoms with Gasteiger partial charge in [-0.05, 0) is 13.3 Å². The zero-order chi connectivity index (χ0) is 15.0.